The van der Waals surface area contributed by atoms with Crippen molar-refractivity contribution in [1.82, 2.24) is 4.31 Å². The fourth-order valence-electron chi connectivity index (χ4n) is 2.55. The van der Waals surface area contributed by atoms with Crippen molar-refractivity contribution in [3.8, 4) is 0 Å². The van der Waals surface area contributed by atoms with Crippen LogP contribution in [0.3, 0.4) is 0 Å². The zero-order valence-corrected chi connectivity index (χ0v) is 16.3. The second kappa shape index (κ2) is 9.35. The molecule has 0 aromatic heterocycles. The van der Waals surface area contributed by atoms with Crippen LogP contribution in [0.25, 0.3) is 0 Å². The number of ether oxygens (including phenoxy) is 1. The molecule has 1 aliphatic rings. The summed E-state index contributed by atoms with van der Waals surface area (Å²) in [5, 5.41) is 25.2. The van der Waals surface area contributed by atoms with Gasteiger partial charge in [0.25, 0.3) is 5.69 Å². The summed E-state index contributed by atoms with van der Waals surface area (Å²) < 4.78 is 31.7. The van der Waals surface area contributed by atoms with E-state index in [9.17, 15) is 28.4 Å². The number of sulfonamides is 1. The number of carbonyl (C=O) groups excluding carboxylic acids is 1. The van der Waals surface area contributed by atoms with Crippen LogP contribution in [-0.4, -0.2) is 68.0 Å². The average molecular weight is 418 g/mol. The molecule has 12 heteroatoms. The molecule has 1 saturated heterocycles. The van der Waals surface area contributed by atoms with Gasteiger partial charge in [-0.25, -0.2) is 8.42 Å². The third-order valence-electron chi connectivity index (χ3n) is 4.00. The highest BCUT2D eigenvalue weighted by atomic mass is 32.2. The Morgan fingerprint density at radius 1 is 1.41 bits per heavy atom. The van der Waals surface area contributed by atoms with Gasteiger partial charge in [0.15, 0.2) is 0 Å². The summed E-state index contributed by atoms with van der Waals surface area (Å²) in [7, 11) is -3.90. The van der Waals surface area contributed by atoms with Crippen LogP contribution in [0.2, 0.25) is 0 Å². The lowest BCUT2D eigenvalue weighted by Gasteiger charge is -2.26. The van der Waals surface area contributed by atoms with Crippen molar-refractivity contribution < 1.29 is 28.0 Å². The molecule has 10 nitrogen and oxygen atoms in total. The fraction of sp³-hybridized carbons (Fsp3) is 0.533. The lowest BCUT2D eigenvalue weighted by Crippen LogP contribution is -2.41. The van der Waals surface area contributed by atoms with E-state index in [1.165, 1.54) is 28.2 Å². The molecule has 0 spiro atoms. The number of morpholine rings is 1. The zero-order chi connectivity index (χ0) is 20.0. The van der Waals surface area contributed by atoms with Gasteiger partial charge in [-0.3, -0.25) is 10.1 Å². The minimum absolute atomic E-state index is 0.0729. The summed E-state index contributed by atoms with van der Waals surface area (Å²) in [6.45, 7) is 0.836. The van der Waals surface area contributed by atoms with Crippen LogP contribution in [-0.2, 0) is 19.6 Å². The highest BCUT2D eigenvalue weighted by molar-refractivity contribution is 7.98. The van der Waals surface area contributed by atoms with Crippen LogP contribution < -0.4 is 10.4 Å². The Hall–Kier alpha value is -1.89. The van der Waals surface area contributed by atoms with Gasteiger partial charge in [0.2, 0.25) is 10.0 Å². The van der Waals surface area contributed by atoms with Crippen molar-refractivity contribution in [2.45, 2.75) is 17.4 Å². The van der Waals surface area contributed by atoms with E-state index in [1.54, 1.807) is 6.26 Å². The monoisotopic (exact) mass is 418 g/mol. The van der Waals surface area contributed by atoms with E-state index in [1.807, 2.05) is 0 Å². The highest BCUT2D eigenvalue weighted by Crippen LogP contribution is 2.30. The van der Waals surface area contributed by atoms with E-state index >= 15 is 0 Å². The Labute approximate surface area is 161 Å². The molecule has 1 aromatic carbocycles. The molecule has 1 aromatic rings. The number of nitro benzene ring substituents is 1. The molecule has 1 N–H and O–H groups in total. The number of rotatable bonds is 9. The largest absolute Gasteiger partial charge is 0.548 e. The van der Waals surface area contributed by atoms with Gasteiger partial charge in [0.05, 0.1) is 35.0 Å². The highest BCUT2D eigenvalue weighted by Gasteiger charge is 2.29. The number of thioether (sulfide) groups is 1. The summed E-state index contributed by atoms with van der Waals surface area (Å²) in [4.78, 5) is 21.7. The average Bonchev–Trinajstić information content (AvgIpc) is 2.65. The van der Waals surface area contributed by atoms with Crippen molar-refractivity contribution in [2.75, 3.05) is 43.6 Å². The summed E-state index contributed by atoms with van der Waals surface area (Å²) in [5.41, 5.74) is -0.587. The van der Waals surface area contributed by atoms with Crippen molar-refractivity contribution in [2.24, 2.45) is 0 Å². The van der Waals surface area contributed by atoms with Gasteiger partial charge < -0.3 is 20.0 Å². The fourth-order valence-corrected chi connectivity index (χ4v) is 4.45. The first-order valence-corrected chi connectivity index (χ1v) is 10.9. The van der Waals surface area contributed by atoms with Crippen molar-refractivity contribution in [3.63, 3.8) is 0 Å². The second-order valence-electron chi connectivity index (χ2n) is 5.75. The quantitative estimate of drug-likeness (QED) is 0.429. The smallest absolute Gasteiger partial charge is 0.293 e. The van der Waals surface area contributed by atoms with Crippen molar-refractivity contribution in [1.29, 1.82) is 0 Å². The van der Waals surface area contributed by atoms with Crippen LogP contribution in [0.4, 0.5) is 11.4 Å². The van der Waals surface area contributed by atoms with Crippen LogP contribution in [0.5, 0.6) is 0 Å². The molecule has 1 fully saturated rings. The van der Waals surface area contributed by atoms with Crippen LogP contribution in [0, 0.1) is 10.1 Å². The molecule has 0 unspecified atom stereocenters. The lowest BCUT2D eigenvalue weighted by molar-refractivity contribution is -0.384. The maximum atomic E-state index is 12.7. The number of carboxylic acids is 1. The topological polar surface area (TPSA) is 142 Å². The number of aliphatic carboxylic acids is 1. The molecule has 150 valence electrons. The van der Waals surface area contributed by atoms with Gasteiger partial charge in [0.1, 0.15) is 5.69 Å². The Balaban J connectivity index is 2.33. The Morgan fingerprint density at radius 2 is 2.07 bits per heavy atom. The van der Waals surface area contributed by atoms with Crippen molar-refractivity contribution in [3.05, 3.63) is 28.3 Å². The maximum Gasteiger partial charge on any atom is 0.293 e. The summed E-state index contributed by atoms with van der Waals surface area (Å²) >= 11 is 1.43. The minimum Gasteiger partial charge on any atom is -0.548 e. The van der Waals surface area contributed by atoms with Gasteiger partial charge in [-0.1, -0.05) is 0 Å². The van der Waals surface area contributed by atoms with Gasteiger partial charge in [-0.15, -0.1) is 0 Å². The molecular weight excluding hydrogens is 398 g/mol. The number of nitrogens with zero attached hydrogens (tertiary/aromatic N) is 2. The standard InChI is InChI=1S/C15H21N3O7S2/c1-26-9-4-13(15(19)20)16-12-3-2-11(10-14(12)18(21)22)27(23,24)17-5-7-25-8-6-17/h2-3,10,13,16H,4-9H2,1H3,(H,19,20)/p-1/t13-/m0/s1. The first kappa shape index (κ1) is 21.4. The molecular formula is C15H20N3O7S2-. The van der Waals surface area contributed by atoms with Gasteiger partial charge in [-0.2, -0.15) is 16.1 Å². The molecule has 1 aliphatic heterocycles. The third kappa shape index (κ3) is 5.31. The SMILES string of the molecule is CSCC[C@H](Nc1ccc(S(=O)(=O)N2CCOCC2)cc1[N+](=O)[O-])C(=O)[O-]. The van der Waals surface area contributed by atoms with E-state index < -0.39 is 32.6 Å². The summed E-state index contributed by atoms with van der Waals surface area (Å²) in [5.74, 6) is -0.869. The normalized spacial score (nSPS) is 16.6. The van der Waals surface area contributed by atoms with E-state index in [0.29, 0.717) is 5.75 Å². The number of nitro groups is 1. The molecule has 0 aliphatic carbocycles. The molecule has 0 amide bonds. The molecule has 0 saturated carbocycles. The molecule has 1 atom stereocenters. The number of hydrogen-bond acceptors (Lipinski definition) is 9. The third-order valence-corrected chi connectivity index (χ3v) is 6.54. The first-order valence-electron chi connectivity index (χ1n) is 8.10. The second-order valence-corrected chi connectivity index (χ2v) is 8.67. The number of benzene rings is 1. The van der Waals surface area contributed by atoms with Crippen LogP contribution >= 0.6 is 11.8 Å². The van der Waals surface area contributed by atoms with Crippen LogP contribution in [0.1, 0.15) is 6.42 Å². The lowest BCUT2D eigenvalue weighted by atomic mass is 10.2. The molecule has 0 bridgehead atoms. The van der Waals surface area contributed by atoms with E-state index in [0.717, 1.165) is 6.07 Å². The minimum atomic E-state index is -3.90. The van der Waals surface area contributed by atoms with E-state index in [-0.39, 0.29) is 43.3 Å². The number of anilines is 1. The number of carboxylic acid groups (broad SMARTS) is 1. The summed E-state index contributed by atoms with van der Waals surface area (Å²) in [6, 6.07) is 2.24. The van der Waals surface area contributed by atoms with Crippen molar-refractivity contribution >= 4 is 39.1 Å². The Bertz CT molecular complexity index is 795. The molecule has 27 heavy (non-hydrogen) atoms. The number of carbonyl (C=O) groups is 1. The van der Waals surface area contributed by atoms with E-state index in [2.05, 4.69) is 5.32 Å². The Kier molecular flexibility index (Phi) is 7.41. The maximum absolute atomic E-state index is 12.7. The predicted molar refractivity (Wildman–Crippen MR) is 98.1 cm³/mol. The number of nitrogens with one attached hydrogen (secondary N) is 1. The van der Waals surface area contributed by atoms with Gasteiger partial charge in [0, 0.05) is 19.2 Å². The molecule has 0 radical (unpaired) electrons. The zero-order valence-electron chi connectivity index (χ0n) is 14.6. The predicted octanol–water partition coefficient (Wildman–Crippen LogP) is -0.101. The number of hydrogen-bond donors (Lipinski definition) is 1. The first-order chi connectivity index (χ1) is 12.8. The van der Waals surface area contributed by atoms with Gasteiger partial charge >= 0.3 is 0 Å². The van der Waals surface area contributed by atoms with E-state index in [4.69, 9.17) is 4.74 Å². The van der Waals surface area contributed by atoms with Gasteiger partial charge in [-0.05, 0) is 30.6 Å². The molecule has 1 heterocycles. The molecule has 2 rings (SSSR count). The summed E-state index contributed by atoms with van der Waals surface area (Å²) in [6.07, 6.45) is 2.01. The Morgan fingerprint density at radius 3 is 2.63 bits per heavy atom. The van der Waals surface area contributed by atoms with Crippen LogP contribution in [0.15, 0.2) is 23.1 Å².